The molecule has 0 aliphatic carbocycles. The number of aromatic nitrogens is 1. The molecule has 1 N–H and O–H groups in total. The highest BCUT2D eigenvalue weighted by Crippen LogP contribution is 2.22. The molecule has 3 aromatic rings. The summed E-state index contributed by atoms with van der Waals surface area (Å²) >= 11 is 0. The number of fused-ring (bicyclic) bond motifs is 1. The number of rotatable bonds is 2. The normalized spacial score (nSPS) is 10.8. The highest BCUT2D eigenvalue weighted by atomic mass is 19.1. The molecule has 0 saturated carbocycles. The molecule has 0 aliphatic heterocycles. The number of H-pyrrole nitrogens is 1. The van der Waals surface area contributed by atoms with E-state index in [1.165, 1.54) is 12.1 Å². The van der Waals surface area contributed by atoms with Crippen molar-refractivity contribution in [2.45, 2.75) is 6.92 Å². The van der Waals surface area contributed by atoms with Crippen molar-refractivity contribution in [3.05, 3.63) is 71.2 Å². The molecule has 0 bridgehead atoms. The van der Waals surface area contributed by atoms with Crippen molar-refractivity contribution in [3.63, 3.8) is 0 Å². The van der Waals surface area contributed by atoms with E-state index in [4.69, 9.17) is 0 Å². The van der Waals surface area contributed by atoms with Gasteiger partial charge in [-0.25, -0.2) is 4.39 Å². The van der Waals surface area contributed by atoms with E-state index in [0.29, 0.717) is 16.6 Å². The Hall–Kier alpha value is -2.42. The average Bonchev–Trinajstić information content (AvgIpc) is 2.81. The van der Waals surface area contributed by atoms with Gasteiger partial charge in [-0.1, -0.05) is 29.8 Å². The average molecular weight is 253 g/mol. The first-order valence-corrected chi connectivity index (χ1v) is 6.03. The number of hydrogen-bond donors (Lipinski definition) is 1. The van der Waals surface area contributed by atoms with E-state index in [0.717, 1.165) is 10.9 Å². The Morgan fingerprint density at radius 3 is 2.58 bits per heavy atom. The number of aromatic amines is 1. The zero-order valence-electron chi connectivity index (χ0n) is 10.4. The summed E-state index contributed by atoms with van der Waals surface area (Å²) in [5, 5.41) is 0.743. The number of nitrogens with one attached hydrogen (secondary N) is 1. The zero-order valence-corrected chi connectivity index (χ0v) is 10.4. The molecule has 0 unspecified atom stereocenters. The van der Waals surface area contributed by atoms with Crippen molar-refractivity contribution in [3.8, 4) is 0 Å². The molecule has 94 valence electrons. The second kappa shape index (κ2) is 4.35. The third-order valence-electron chi connectivity index (χ3n) is 3.20. The third-order valence-corrected chi connectivity index (χ3v) is 3.20. The van der Waals surface area contributed by atoms with Gasteiger partial charge in [0.05, 0.1) is 0 Å². The molecule has 3 heteroatoms. The van der Waals surface area contributed by atoms with Crippen LogP contribution in [0.25, 0.3) is 10.9 Å². The summed E-state index contributed by atoms with van der Waals surface area (Å²) in [6.45, 7) is 1.97. The maximum absolute atomic E-state index is 13.1. The molecule has 1 heterocycles. The summed E-state index contributed by atoms with van der Waals surface area (Å²) in [6, 6.07) is 11.8. The summed E-state index contributed by atoms with van der Waals surface area (Å²) in [7, 11) is 0. The second-order valence-corrected chi connectivity index (χ2v) is 4.59. The first-order valence-electron chi connectivity index (χ1n) is 6.03. The lowest BCUT2D eigenvalue weighted by molar-refractivity contribution is 0.104. The number of carbonyl (C=O) groups excluding carboxylic acids is 1. The SMILES string of the molecule is Cc1ccc(C(=O)c2c[nH]c3cc(F)ccc23)cc1. The van der Waals surface area contributed by atoms with Gasteiger partial charge in [-0.05, 0) is 25.1 Å². The summed E-state index contributed by atoms with van der Waals surface area (Å²) in [5.74, 6) is -0.374. The van der Waals surface area contributed by atoms with E-state index in [1.807, 2.05) is 19.1 Å². The number of ketones is 1. The van der Waals surface area contributed by atoms with Crippen LogP contribution in [-0.2, 0) is 0 Å². The minimum Gasteiger partial charge on any atom is -0.360 e. The van der Waals surface area contributed by atoms with Crippen LogP contribution in [0.2, 0.25) is 0 Å². The molecule has 0 atom stereocenters. The molecule has 3 rings (SSSR count). The van der Waals surface area contributed by atoms with Crippen molar-refractivity contribution in [2.24, 2.45) is 0 Å². The molecule has 2 aromatic carbocycles. The molecule has 0 radical (unpaired) electrons. The van der Waals surface area contributed by atoms with Gasteiger partial charge < -0.3 is 4.98 Å². The van der Waals surface area contributed by atoms with Crippen LogP contribution in [-0.4, -0.2) is 10.8 Å². The van der Waals surface area contributed by atoms with E-state index in [9.17, 15) is 9.18 Å². The predicted octanol–water partition coefficient (Wildman–Crippen LogP) is 3.85. The summed E-state index contributed by atoms with van der Waals surface area (Å²) in [6.07, 6.45) is 1.63. The molecule has 0 spiro atoms. The molecule has 0 fully saturated rings. The van der Waals surface area contributed by atoms with E-state index >= 15 is 0 Å². The van der Waals surface area contributed by atoms with Gasteiger partial charge in [-0.15, -0.1) is 0 Å². The van der Waals surface area contributed by atoms with Crippen molar-refractivity contribution in [2.75, 3.05) is 0 Å². The van der Waals surface area contributed by atoms with Gasteiger partial charge in [0.25, 0.3) is 0 Å². The molecule has 2 nitrogen and oxygen atoms in total. The van der Waals surface area contributed by atoms with Gasteiger partial charge >= 0.3 is 0 Å². The van der Waals surface area contributed by atoms with Crippen LogP contribution >= 0.6 is 0 Å². The Bertz CT molecular complexity index is 756. The third kappa shape index (κ3) is 2.03. The lowest BCUT2D eigenvalue weighted by atomic mass is 10.0. The highest BCUT2D eigenvalue weighted by molar-refractivity contribution is 6.16. The highest BCUT2D eigenvalue weighted by Gasteiger charge is 2.14. The van der Waals surface area contributed by atoms with Crippen LogP contribution in [0.4, 0.5) is 4.39 Å². The first-order chi connectivity index (χ1) is 9.15. The Balaban J connectivity index is 2.09. The van der Waals surface area contributed by atoms with Gasteiger partial charge in [-0.3, -0.25) is 4.79 Å². The van der Waals surface area contributed by atoms with E-state index in [-0.39, 0.29) is 11.6 Å². The van der Waals surface area contributed by atoms with Crippen LogP contribution in [0.15, 0.2) is 48.7 Å². The fourth-order valence-electron chi connectivity index (χ4n) is 2.15. The monoisotopic (exact) mass is 253 g/mol. The number of benzene rings is 2. The summed E-state index contributed by atoms with van der Waals surface area (Å²) < 4.78 is 13.1. The van der Waals surface area contributed by atoms with Gasteiger partial charge in [-0.2, -0.15) is 0 Å². The first kappa shape index (κ1) is 11.7. The van der Waals surface area contributed by atoms with E-state index in [2.05, 4.69) is 4.98 Å². The van der Waals surface area contributed by atoms with Crippen molar-refractivity contribution in [1.29, 1.82) is 0 Å². The van der Waals surface area contributed by atoms with Crippen LogP contribution in [0.3, 0.4) is 0 Å². The van der Waals surface area contributed by atoms with Gasteiger partial charge in [0.15, 0.2) is 5.78 Å². The Morgan fingerprint density at radius 2 is 1.84 bits per heavy atom. The van der Waals surface area contributed by atoms with Crippen molar-refractivity contribution < 1.29 is 9.18 Å². The fraction of sp³-hybridized carbons (Fsp3) is 0.0625. The molecule has 1 aromatic heterocycles. The van der Waals surface area contributed by atoms with Crippen molar-refractivity contribution >= 4 is 16.7 Å². The van der Waals surface area contributed by atoms with Crippen LogP contribution in [0.1, 0.15) is 21.5 Å². The van der Waals surface area contributed by atoms with Crippen LogP contribution in [0, 0.1) is 12.7 Å². The number of carbonyl (C=O) groups is 1. The maximum Gasteiger partial charge on any atom is 0.195 e. The van der Waals surface area contributed by atoms with Gasteiger partial charge in [0.2, 0.25) is 0 Å². The molecular formula is C16H12FNO. The quantitative estimate of drug-likeness (QED) is 0.691. The van der Waals surface area contributed by atoms with E-state index in [1.54, 1.807) is 24.4 Å². The second-order valence-electron chi connectivity index (χ2n) is 4.59. The number of aryl methyl sites for hydroxylation is 1. The maximum atomic E-state index is 13.1. The summed E-state index contributed by atoms with van der Waals surface area (Å²) in [5.41, 5.74) is 2.95. The largest absolute Gasteiger partial charge is 0.360 e. The van der Waals surface area contributed by atoms with Crippen molar-refractivity contribution in [1.82, 2.24) is 4.98 Å². The molecule has 0 aliphatic rings. The minimum absolute atomic E-state index is 0.0575. The lowest BCUT2D eigenvalue weighted by Crippen LogP contribution is -2.00. The minimum atomic E-state index is -0.316. The topological polar surface area (TPSA) is 32.9 Å². The predicted molar refractivity (Wildman–Crippen MR) is 72.9 cm³/mol. The van der Waals surface area contributed by atoms with E-state index < -0.39 is 0 Å². The number of halogens is 1. The molecule has 0 amide bonds. The number of hydrogen-bond acceptors (Lipinski definition) is 1. The fourth-order valence-corrected chi connectivity index (χ4v) is 2.15. The Kier molecular flexibility index (Phi) is 2.67. The van der Waals surface area contributed by atoms with Gasteiger partial charge in [0.1, 0.15) is 5.82 Å². The molecule has 0 saturated heterocycles. The smallest absolute Gasteiger partial charge is 0.195 e. The van der Waals surface area contributed by atoms with Gasteiger partial charge in [0, 0.05) is 28.2 Å². The Morgan fingerprint density at radius 1 is 1.11 bits per heavy atom. The molecule has 19 heavy (non-hydrogen) atoms. The molecular weight excluding hydrogens is 241 g/mol. The Labute approximate surface area is 109 Å². The standard InChI is InChI=1S/C16H12FNO/c1-10-2-4-11(5-3-10)16(19)14-9-18-15-8-12(17)6-7-13(14)15/h2-9,18H,1H3. The lowest BCUT2D eigenvalue weighted by Gasteiger charge is -2.00. The zero-order chi connectivity index (χ0) is 13.4. The summed E-state index contributed by atoms with van der Waals surface area (Å²) in [4.78, 5) is 15.3. The van der Waals surface area contributed by atoms with Crippen LogP contribution in [0.5, 0.6) is 0 Å². The van der Waals surface area contributed by atoms with Crippen LogP contribution < -0.4 is 0 Å².